The number of aliphatic imine (C=N–C) groups is 1. The smallest absolute Gasteiger partial charge is 0.264 e. The first kappa shape index (κ1) is 19.4. The number of carbonyl (C=O) groups excluding carboxylic acids is 1. The number of benzene rings is 2. The normalized spacial score (nSPS) is 16.4. The first-order chi connectivity index (χ1) is 13.0. The van der Waals surface area contributed by atoms with Crippen LogP contribution in [0.15, 0.2) is 46.3 Å². The Labute approximate surface area is 171 Å². The van der Waals surface area contributed by atoms with Crippen molar-refractivity contribution >= 4 is 57.8 Å². The van der Waals surface area contributed by atoms with Gasteiger partial charge >= 0.3 is 0 Å². The molecular formula is C20H14Cl2N2O2S. The van der Waals surface area contributed by atoms with Gasteiger partial charge in [0.05, 0.1) is 20.6 Å². The molecule has 0 unspecified atom stereocenters. The summed E-state index contributed by atoms with van der Waals surface area (Å²) in [7, 11) is 0. The molecule has 0 saturated carbocycles. The maximum absolute atomic E-state index is 12.2. The molecule has 4 nitrogen and oxygen atoms in total. The summed E-state index contributed by atoms with van der Waals surface area (Å²) in [5.41, 5.74) is 2.59. The minimum absolute atomic E-state index is 0.0664. The summed E-state index contributed by atoms with van der Waals surface area (Å²) in [6, 6.07) is 11.0. The minimum Gasteiger partial charge on any atom is -0.478 e. The van der Waals surface area contributed by atoms with Crippen LogP contribution >= 0.6 is 35.0 Å². The number of halogens is 2. The third-order valence-electron chi connectivity index (χ3n) is 3.53. The number of ether oxygens (including phenoxy) is 1. The van der Waals surface area contributed by atoms with E-state index in [1.165, 1.54) is 11.8 Å². The van der Waals surface area contributed by atoms with Crippen LogP contribution in [0.1, 0.15) is 11.1 Å². The van der Waals surface area contributed by atoms with Crippen molar-refractivity contribution in [2.24, 2.45) is 4.99 Å². The van der Waals surface area contributed by atoms with Gasteiger partial charge in [-0.05, 0) is 54.6 Å². The van der Waals surface area contributed by atoms with E-state index in [1.807, 2.05) is 31.2 Å². The van der Waals surface area contributed by atoms with Gasteiger partial charge in [-0.15, -0.1) is 6.42 Å². The quantitative estimate of drug-likeness (QED) is 0.549. The summed E-state index contributed by atoms with van der Waals surface area (Å²) >= 11 is 13.7. The molecule has 1 fully saturated rings. The molecule has 0 aliphatic carbocycles. The largest absolute Gasteiger partial charge is 0.478 e. The zero-order valence-corrected chi connectivity index (χ0v) is 16.6. The Morgan fingerprint density at radius 2 is 1.93 bits per heavy atom. The highest BCUT2D eigenvalue weighted by Gasteiger charge is 2.24. The lowest BCUT2D eigenvalue weighted by molar-refractivity contribution is -0.115. The predicted molar refractivity (Wildman–Crippen MR) is 113 cm³/mol. The van der Waals surface area contributed by atoms with Crippen LogP contribution in [0.3, 0.4) is 0 Å². The standard InChI is InChI=1S/C20H14Cl2N2O2S/c1-3-8-26-18-15(21)9-13(10-16(18)22)11-17-19(25)24-20(27-17)23-14-6-4-12(2)5-7-14/h1,4-7,9-11H,8H2,2H3,(H,23,24,25)/b17-11-. The lowest BCUT2D eigenvalue weighted by atomic mass is 10.2. The SMILES string of the molecule is C#CCOc1c(Cl)cc(/C=C2\SC(=Nc3ccc(C)cc3)NC2=O)cc1Cl. The summed E-state index contributed by atoms with van der Waals surface area (Å²) in [4.78, 5) is 17.1. The van der Waals surface area contributed by atoms with Gasteiger partial charge in [0.15, 0.2) is 10.9 Å². The summed E-state index contributed by atoms with van der Waals surface area (Å²) in [6.45, 7) is 2.07. The molecule has 1 amide bonds. The van der Waals surface area contributed by atoms with Crippen molar-refractivity contribution < 1.29 is 9.53 Å². The molecule has 27 heavy (non-hydrogen) atoms. The van der Waals surface area contributed by atoms with Gasteiger partial charge in [-0.25, -0.2) is 4.99 Å². The number of terminal acetylenes is 1. The zero-order valence-electron chi connectivity index (χ0n) is 14.3. The van der Waals surface area contributed by atoms with Crippen LogP contribution in [-0.4, -0.2) is 17.7 Å². The van der Waals surface area contributed by atoms with E-state index in [-0.39, 0.29) is 12.5 Å². The topological polar surface area (TPSA) is 50.7 Å². The molecule has 136 valence electrons. The third-order valence-corrected chi connectivity index (χ3v) is 5.01. The number of hydrogen-bond donors (Lipinski definition) is 1. The molecule has 3 rings (SSSR count). The lowest BCUT2D eigenvalue weighted by Crippen LogP contribution is -2.19. The van der Waals surface area contributed by atoms with Gasteiger partial charge in [0, 0.05) is 0 Å². The van der Waals surface area contributed by atoms with E-state index in [0.717, 1.165) is 11.3 Å². The molecule has 1 aliphatic heterocycles. The van der Waals surface area contributed by atoms with E-state index in [9.17, 15) is 4.79 Å². The minimum atomic E-state index is -0.231. The number of hydrogen-bond acceptors (Lipinski definition) is 4. The molecule has 1 heterocycles. The van der Waals surface area contributed by atoms with E-state index < -0.39 is 0 Å². The van der Waals surface area contributed by atoms with Crippen molar-refractivity contribution in [3.05, 3.63) is 62.5 Å². The molecule has 0 bridgehead atoms. The summed E-state index contributed by atoms with van der Waals surface area (Å²) < 4.78 is 5.33. The maximum atomic E-state index is 12.2. The van der Waals surface area contributed by atoms with Crippen molar-refractivity contribution in [1.29, 1.82) is 0 Å². The lowest BCUT2D eigenvalue weighted by Gasteiger charge is -2.08. The van der Waals surface area contributed by atoms with E-state index >= 15 is 0 Å². The average Bonchev–Trinajstić information content (AvgIpc) is 2.95. The van der Waals surface area contributed by atoms with E-state index in [2.05, 4.69) is 16.2 Å². The van der Waals surface area contributed by atoms with Gasteiger partial charge in [-0.3, -0.25) is 4.79 Å². The van der Waals surface area contributed by atoms with E-state index in [1.54, 1.807) is 18.2 Å². The number of carbonyl (C=O) groups is 1. The summed E-state index contributed by atoms with van der Waals surface area (Å²) in [5.74, 6) is 2.45. The van der Waals surface area contributed by atoms with Crippen LogP contribution in [0.4, 0.5) is 5.69 Å². The van der Waals surface area contributed by atoms with Gasteiger partial charge in [0.25, 0.3) is 5.91 Å². The van der Waals surface area contributed by atoms with Gasteiger partial charge in [0.2, 0.25) is 0 Å². The highest BCUT2D eigenvalue weighted by molar-refractivity contribution is 8.18. The van der Waals surface area contributed by atoms with Crippen LogP contribution in [0.25, 0.3) is 6.08 Å². The summed E-state index contributed by atoms with van der Waals surface area (Å²) in [5, 5.41) is 3.91. The van der Waals surface area contributed by atoms with Gasteiger partial charge in [-0.1, -0.05) is 46.8 Å². The molecule has 0 spiro atoms. The maximum Gasteiger partial charge on any atom is 0.264 e. The second-order valence-electron chi connectivity index (χ2n) is 5.62. The molecule has 2 aromatic rings. The number of thioether (sulfide) groups is 1. The van der Waals surface area contributed by atoms with Crippen molar-refractivity contribution in [3.63, 3.8) is 0 Å². The van der Waals surface area contributed by atoms with Gasteiger partial charge in [0.1, 0.15) is 6.61 Å². The molecule has 1 N–H and O–H groups in total. The molecule has 1 aliphatic rings. The summed E-state index contributed by atoms with van der Waals surface area (Å²) in [6.07, 6.45) is 6.87. The van der Waals surface area contributed by atoms with Gasteiger partial charge in [-0.2, -0.15) is 0 Å². The Hall–Kier alpha value is -2.39. The van der Waals surface area contributed by atoms with Crippen LogP contribution < -0.4 is 10.1 Å². The number of aryl methyl sites for hydroxylation is 1. The van der Waals surface area contributed by atoms with Crippen LogP contribution in [-0.2, 0) is 4.79 Å². The predicted octanol–water partition coefficient (Wildman–Crippen LogP) is 5.21. The Morgan fingerprint density at radius 1 is 1.26 bits per heavy atom. The van der Waals surface area contributed by atoms with E-state index in [0.29, 0.717) is 31.4 Å². The van der Waals surface area contributed by atoms with Crippen molar-refractivity contribution in [1.82, 2.24) is 5.32 Å². The average molecular weight is 417 g/mol. The number of amidine groups is 1. The van der Waals surface area contributed by atoms with Crippen LogP contribution in [0.2, 0.25) is 10.0 Å². The van der Waals surface area contributed by atoms with Crippen molar-refractivity contribution in [2.75, 3.05) is 6.61 Å². The molecule has 1 saturated heterocycles. The molecule has 7 heteroatoms. The Morgan fingerprint density at radius 3 is 2.56 bits per heavy atom. The second-order valence-corrected chi connectivity index (χ2v) is 7.47. The molecular weight excluding hydrogens is 403 g/mol. The number of amides is 1. The first-order valence-corrected chi connectivity index (χ1v) is 9.45. The van der Waals surface area contributed by atoms with Crippen LogP contribution in [0, 0.1) is 19.3 Å². The first-order valence-electron chi connectivity index (χ1n) is 7.88. The Balaban J connectivity index is 1.82. The van der Waals surface area contributed by atoms with Crippen molar-refractivity contribution in [3.8, 4) is 18.1 Å². The highest BCUT2D eigenvalue weighted by Crippen LogP contribution is 2.36. The van der Waals surface area contributed by atoms with Gasteiger partial charge < -0.3 is 10.1 Å². The number of rotatable bonds is 4. The molecule has 2 aromatic carbocycles. The number of nitrogens with zero attached hydrogens (tertiary/aromatic N) is 1. The third kappa shape index (κ3) is 4.86. The second kappa shape index (κ2) is 8.53. The van der Waals surface area contributed by atoms with Crippen molar-refractivity contribution in [2.45, 2.75) is 6.92 Å². The number of nitrogens with one attached hydrogen (secondary N) is 1. The fourth-order valence-corrected chi connectivity index (χ4v) is 3.74. The molecule has 0 aromatic heterocycles. The fourth-order valence-electron chi connectivity index (χ4n) is 2.28. The fraction of sp³-hybridized carbons (Fsp3) is 0.100. The molecule has 0 radical (unpaired) electrons. The highest BCUT2D eigenvalue weighted by atomic mass is 35.5. The molecule has 0 atom stereocenters. The van der Waals surface area contributed by atoms with E-state index in [4.69, 9.17) is 34.4 Å². The Kier molecular flexibility index (Phi) is 6.12. The monoisotopic (exact) mass is 416 g/mol. The zero-order chi connectivity index (χ0) is 19.4. The van der Waals surface area contributed by atoms with Crippen LogP contribution in [0.5, 0.6) is 5.75 Å². The Bertz CT molecular complexity index is 969.